The lowest BCUT2D eigenvalue weighted by Crippen LogP contribution is -2.63. The summed E-state index contributed by atoms with van der Waals surface area (Å²) in [6, 6.07) is 12.1. The molecule has 2 aromatic heterocycles. The maximum Gasteiger partial charge on any atom is 0.410 e. The lowest BCUT2D eigenvalue weighted by molar-refractivity contribution is 0.00537. The highest BCUT2D eigenvalue weighted by Crippen LogP contribution is 2.46. The van der Waals surface area contributed by atoms with Crippen molar-refractivity contribution in [3.8, 4) is 28.9 Å². The van der Waals surface area contributed by atoms with Gasteiger partial charge in [-0.2, -0.15) is 9.97 Å². The van der Waals surface area contributed by atoms with Gasteiger partial charge in [-0.05, 0) is 94.0 Å². The van der Waals surface area contributed by atoms with E-state index in [1.807, 2.05) is 43.9 Å². The number of carbonyl (C=O) groups is 1. The van der Waals surface area contributed by atoms with E-state index < -0.39 is 11.8 Å². The molecule has 0 aliphatic carbocycles. The van der Waals surface area contributed by atoms with Gasteiger partial charge >= 0.3 is 12.1 Å². The summed E-state index contributed by atoms with van der Waals surface area (Å²) in [7, 11) is 1.60. The van der Waals surface area contributed by atoms with E-state index in [1.165, 1.54) is 5.56 Å². The average Bonchev–Trinajstić information content (AvgIpc) is 3.75. The molecule has 13 heteroatoms. The summed E-state index contributed by atoms with van der Waals surface area (Å²) in [5, 5.41) is 2.81. The predicted octanol–water partition coefficient (Wildman–Crippen LogP) is 6.69. The summed E-state index contributed by atoms with van der Waals surface area (Å²) >= 11 is 0. The first kappa shape index (κ1) is 35.2. The Bertz CT molecular complexity index is 2110. The van der Waals surface area contributed by atoms with E-state index in [1.54, 1.807) is 7.11 Å². The van der Waals surface area contributed by atoms with Crippen LogP contribution < -0.4 is 19.1 Å². The standard InChI is InChI=1S/C41H49FN6O6/c1-6-24-9-7-10-25-15-28(53-23-50-5)16-29(34(24)25)30-17-31-35-36(45-38(44-31)52-22-41-13-8-14-46(41)19-26(42)18-41)47-20-27-11-12-32(33(47)21-51-37(35)43-30)48(27)39(49)54-40(2,3)4/h7,9-10,15-17,26-27,32-33H,6,8,11-14,18-23H2,1-5H3/t26-,27+,32-,33-,41+/m0/s1. The average molecular weight is 741 g/mol. The lowest BCUT2D eigenvalue weighted by atomic mass is 9.95. The van der Waals surface area contributed by atoms with Crippen LogP contribution in [0.4, 0.5) is 15.0 Å². The Morgan fingerprint density at radius 2 is 1.93 bits per heavy atom. The number of aromatic nitrogens is 3. The minimum atomic E-state index is -0.867. The van der Waals surface area contributed by atoms with Gasteiger partial charge in [-0.1, -0.05) is 25.1 Å². The number of rotatable bonds is 8. The normalized spacial score (nSPS) is 26.1. The van der Waals surface area contributed by atoms with Gasteiger partial charge in [-0.25, -0.2) is 14.2 Å². The summed E-state index contributed by atoms with van der Waals surface area (Å²) in [6.45, 7) is 10.4. The van der Waals surface area contributed by atoms with Gasteiger partial charge in [-0.15, -0.1) is 0 Å². The topological polar surface area (TPSA) is 112 Å². The fourth-order valence-electron chi connectivity index (χ4n) is 9.68. The Hall–Kier alpha value is -4.49. The van der Waals surface area contributed by atoms with Gasteiger partial charge in [0.05, 0.1) is 34.9 Å². The minimum Gasteiger partial charge on any atom is -0.475 e. The molecular formula is C41H49FN6O6. The SMILES string of the molecule is CCc1cccc2cc(OCOC)cc(-c3cc4nc(OC[C@]56CCCN5C[C@@H](F)C6)nc5c4c(n3)OC[C@H]3[C@@H]4CC[C@H](CN53)N4C(=O)OC(C)(C)C)c12. The first-order valence-electron chi connectivity index (χ1n) is 19.4. The van der Waals surface area contributed by atoms with E-state index in [-0.39, 0.29) is 42.6 Å². The first-order valence-corrected chi connectivity index (χ1v) is 19.4. The number of aryl methyl sites for hydroxylation is 1. The van der Waals surface area contributed by atoms with Crippen molar-refractivity contribution in [3.05, 3.63) is 42.0 Å². The Labute approximate surface area is 314 Å². The number of alkyl halides is 1. The highest BCUT2D eigenvalue weighted by Gasteiger charge is 2.52. The third-order valence-corrected chi connectivity index (χ3v) is 11.9. The number of pyridine rings is 1. The van der Waals surface area contributed by atoms with Gasteiger partial charge in [-0.3, -0.25) is 9.80 Å². The van der Waals surface area contributed by atoms with Gasteiger partial charge in [0.1, 0.15) is 41.9 Å². The van der Waals surface area contributed by atoms with Crippen molar-refractivity contribution in [2.75, 3.05) is 51.7 Å². The molecule has 0 unspecified atom stereocenters. The van der Waals surface area contributed by atoms with E-state index in [4.69, 9.17) is 38.6 Å². The van der Waals surface area contributed by atoms with Crippen molar-refractivity contribution >= 4 is 33.6 Å². The summed E-state index contributed by atoms with van der Waals surface area (Å²) in [5.41, 5.74) is 2.41. The summed E-state index contributed by atoms with van der Waals surface area (Å²) in [5.74, 6) is 1.77. The number of methoxy groups -OCH3 is 1. The third-order valence-electron chi connectivity index (χ3n) is 11.9. The monoisotopic (exact) mass is 740 g/mol. The van der Waals surface area contributed by atoms with Gasteiger partial charge in [0.2, 0.25) is 5.88 Å². The molecule has 1 amide bonds. The third kappa shape index (κ3) is 6.03. The summed E-state index contributed by atoms with van der Waals surface area (Å²) in [6.07, 6.45) is 3.69. The van der Waals surface area contributed by atoms with Gasteiger partial charge in [0.15, 0.2) is 6.79 Å². The Balaban J connectivity index is 1.17. The van der Waals surface area contributed by atoms with Crippen LogP contribution >= 0.6 is 0 Å². The molecule has 54 heavy (non-hydrogen) atoms. The zero-order valence-corrected chi connectivity index (χ0v) is 31.8. The largest absolute Gasteiger partial charge is 0.475 e. The number of hydrogen-bond donors (Lipinski definition) is 0. The van der Waals surface area contributed by atoms with Crippen LogP contribution in [0.25, 0.3) is 32.9 Å². The molecular weight excluding hydrogens is 691 g/mol. The molecule has 0 spiro atoms. The molecule has 7 heterocycles. The summed E-state index contributed by atoms with van der Waals surface area (Å²) in [4.78, 5) is 35.4. The van der Waals surface area contributed by atoms with E-state index in [0.717, 1.165) is 55.0 Å². The number of anilines is 1. The molecule has 286 valence electrons. The van der Waals surface area contributed by atoms with Crippen LogP contribution in [0.1, 0.15) is 65.4 Å². The van der Waals surface area contributed by atoms with Gasteiger partial charge < -0.3 is 28.6 Å². The number of fused-ring (bicyclic) bond motifs is 7. The van der Waals surface area contributed by atoms with Crippen molar-refractivity contribution in [2.24, 2.45) is 0 Å². The lowest BCUT2D eigenvalue weighted by Gasteiger charge is -2.46. The molecule has 0 saturated carbocycles. The number of ether oxygens (including phenoxy) is 5. The molecule has 4 fully saturated rings. The summed E-state index contributed by atoms with van der Waals surface area (Å²) < 4.78 is 45.1. The van der Waals surface area contributed by atoms with Crippen LogP contribution in [0.5, 0.6) is 17.6 Å². The molecule has 4 aromatic rings. The van der Waals surface area contributed by atoms with Crippen molar-refractivity contribution in [2.45, 2.75) is 102 Å². The molecule has 0 N–H and O–H groups in total. The van der Waals surface area contributed by atoms with E-state index in [9.17, 15) is 9.18 Å². The van der Waals surface area contributed by atoms with Gasteiger partial charge in [0.25, 0.3) is 0 Å². The zero-order chi connectivity index (χ0) is 37.4. The van der Waals surface area contributed by atoms with Crippen LogP contribution in [-0.4, -0.2) is 113 Å². The zero-order valence-electron chi connectivity index (χ0n) is 31.8. The molecule has 2 aromatic carbocycles. The number of nitrogens with zero attached hydrogens (tertiary/aromatic N) is 6. The molecule has 5 aliphatic rings. The second-order valence-electron chi connectivity index (χ2n) is 16.5. The van der Waals surface area contributed by atoms with Crippen molar-refractivity contribution in [1.29, 1.82) is 0 Å². The molecule has 9 rings (SSSR count). The van der Waals surface area contributed by atoms with Crippen LogP contribution in [0.15, 0.2) is 36.4 Å². The Morgan fingerprint density at radius 1 is 1.06 bits per heavy atom. The van der Waals surface area contributed by atoms with Crippen LogP contribution in [0.2, 0.25) is 0 Å². The van der Waals surface area contributed by atoms with Gasteiger partial charge in [0, 0.05) is 32.2 Å². The van der Waals surface area contributed by atoms with Crippen LogP contribution in [-0.2, 0) is 15.9 Å². The molecule has 2 bridgehead atoms. The minimum absolute atomic E-state index is 0.0520. The number of carbonyl (C=O) groups excluding carboxylic acids is 1. The van der Waals surface area contributed by atoms with E-state index >= 15 is 0 Å². The molecule has 4 saturated heterocycles. The second-order valence-corrected chi connectivity index (χ2v) is 16.5. The number of benzene rings is 2. The smallest absolute Gasteiger partial charge is 0.410 e. The maximum absolute atomic E-state index is 14.7. The highest BCUT2D eigenvalue weighted by atomic mass is 19.1. The van der Waals surface area contributed by atoms with E-state index in [2.05, 4.69) is 34.9 Å². The predicted molar refractivity (Wildman–Crippen MR) is 202 cm³/mol. The molecule has 0 radical (unpaired) electrons. The van der Waals surface area contributed by atoms with Crippen molar-refractivity contribution in [3.63, 3.8) is 0 Å². The fourth-order valence-corrected chi connectivity index (χ4v) is 9.68. The van der Waals surface area contributed by atoms with E-state index in [0.29, 0.717) is 66.8 Å². The molecule has 5 atom stereocenters. The molecule has 12 nitrogen and oxygen atoms in total. The molecule has 5 aliphatic heterocycles. The van der Waals surface area contributed by atoms with Crippen molar-refractivity contribution in [1.82, 2.24) is 24.8 Å². The Kier molecular flexibility index (Phi) is 8.72. The number of amides is 1. The van der Waals surface area contributed by atoms with Crippen molar-refractivity contribution < 1.29 is 32.9 Å². The first-order chi connectivity index (χ1) is 26.0. The van der Waals surface area contributed by atoms with Crippen LogP contribution in [0.3, 0.4) is 0 Å². The fraction of sp³-hybridized carbons (Fsp3) is 0.561. The van der Waals surface area contributed by atoms with Crippen LogP contribution in [0, 0.1) is 0 Å². The maximum atomic E-state index is 14.7. The highest BCUT2D eigenvalue weighted by molar-refractivity contribution is 6.03. The quantitative estimate of drug-likeness (QED) is 0.180. The number of hydrogen-bond acceptors (Lipinski definition) is 11. The number of halogens is 1. The Morgan fingerprint density at radius 3 is 2.74 bits per heavy atom. The number of piperazine rings is 1. The second kappa shape index (κ2) is 13.4.